The SMILES string of the molecule is C[C@@H]1[C@@H]([Si](C)(C)F)[C@H](CCO)O[C@@H]1CCc1cccc(I)c1. The Kier molecular flexibility index (Phi) is 6.45. The first-order valence-corrected chi connectivity index (χ1v) is 12.1. The number of aliphatic hydroxyl groups is 1. The predicted octanol–water partition coefficient (Wildman–Crippen LogP) is 4.55. The van der Waals surface area contributed by atoms with E-state index in [0.717, 1.165) is 12.8 Å². The molecule has 0 bridgehead atoms. The summed E-state index contributed by atoms with van der Waals surface area (Å²) in [6.07, 6.45) is 2.41. The molecular formula is C17H26FIO2Si. The summed E-state index contributed by atoms with van der Waals surface area (Å²) < 4.78 is 22.1. The van der Waals surface area contributed by atoms with Gasteiger partial charge in [0.05, 0.1) is 12.2 Å². The molecule has 2 rings (SSSR count). The van der Waals surface area contributed by atoms with E-state index in [1.54, 1.807) is 13.1 Å². The van der Waals surface area contributed by atoms with Crippen molar-refractivity contribution in [2.24, 2.45) is 5.92 Å². The summed E-state index contributed by atoms with van der Waals surface area (Å²) in [6, 6.07) is 8.49. The maximum atomic E-state index is 14.7. The third-order valence-corrected chi connectivity index (χ3v) is 7.87. The van der Waals surface area contributed by atoms with Crippen molar-refractivity contribution in [3.8, 4) is 0 Å². The van der Waals surface area contributed by atoms with Crippen molar-refractivity contribution in [1.82, 2.24) is 0 Å². The van der Waals surface area contributed by atoms with Crippen LogP contribution in [0.25, 0.3) is 0 Å². The fraction of sp³-hybridized carbons (Fsp3) is 0.647. The molecule has 0 unspecified atom stereocenters. The molecule has 0 aliphatic carbocycles. The van der Waals surface area contributed by atoms with Gasteiger partial charge in [0, 0.05) is 15.7 Å². The molecule has 1 aliphatic heterocycles. The highest BCUT2D eigenvalue weighted by molar-refractivity contribution is 14.1. The monoisotopic (exact) mass is 436 g/mol. The zero-order valence-corrected chi connectivity index (χ0v) is 16.7. The maximum Gasteiger partial charge on any atom is 0.246 e. The van der Waals surface area contributed by atoms with Crippen molar-refractivity contribution in [3.05, 3.63) is 33.4 Å². The summed E-state index contributed by atoms with van der Waals surface area (Å²) in [5, 5.41) is 9.23. The summed E-state index contributed by atoms with van der Waals surface area (Å²) in [7, 11) is -2.78. The van der Waals surface area contributed by atoms with E-state index in [1.165, 1.54) is 9.13 Å². The summed E-state index contributed by atoms with van der Waals surface area (Å²) in [6.45, 7) is 5.73. The van der Waals surface area contributed by atoms with Crippen LogP contribution in [-0.4, -0.2) is 32.3 Å². The van der Waals surface area contributed by atoms with Gasteiger partial charge in [-0.15, -0.1) is 0 Å². The Labute approximate surface area is 147 Å². The molecule has 1 aromatic carbocycles. The quantitative estimate of drug-likeness (QED) is 0.403. The van der Waals surface area contributed by atoms with Gasteiger partial charge >= 0.3 is 0 Å². The van der Waals surface area contributed by atoms with Crippen molar-refractivity contribution >= 4 is 31.0 Å². The van der Waals surface area contributed by atoms with Gasteiger partial charge in [0.1, 0.15) is 0 Å². The van der Waals surface area contributed by atoms with Crippen molar-refractivity contribution in [2.75, 3.05) is 6.61 Å². The minimum Gasteiger partial charge on any atom is -0.396 e. The maximum absolute atomic E-state index is 14.7. The molecule has 0 amide bonds. The highest BCUT2D eigenvalue weighted by Crippen LogP contribution is 2.46. The van der Waals surface area contributed by atoms with Gasteiger partial charge in [0.2, 0.25) is 8.41 Å². The molecule has 1 aliphatic rings. The van der Waals surface area contributed by atoms with Crippen LogP contribution in [0.4, 0.5) is 4.11 Å². The molecule has 1 heterocycles. The minimum absolute atomic E-state index is 0.0134. The number of halogens is 2. The van der Waals surface area contributed by atoms with E-state index in [1.807, 2.05) is 0 Å². The Hall–Kier alpha value is 0.0169. The molecule has 5 heteroatoms. The Balaban J connectivity index is 2.02. The second kappa shape index (κ2) is 7.72. The topological polar surface area (TPSA) is 29.5 Å². The van der Waals surface area contributed by atoms with Crippen LogP contribution in [-0.2, 0) is 11.2 Å². The summed E-state index contributed by atoms with van der Waals surface area (Å²) in [4.78, 5) is 0. The summed E-state index contributed by atoms with van der Waals surface area (Å²) in [5.74, 6) is 0.228. The normalized spacial score (nSPS) is 29.0. The second-order valence-corrected chi connectivity index (χ2v) is 11.9. The lowest BCUT2D eigenvalue weighted by Gasteiger charge is -2.28. The van der Waals surface area contributed by atoms with Gasteiger partial charge in [0.25, 0.3) is 0 Å². The number of aliphatic hydroxyl groups excluding tert-OH is 1. The van der Waals surface area contributed by atoms with Crippen LogP contribution in [0.3, 0.4) is 0 Å². The number of aryl methyl sites for hydroxylation is 1. The predicted molar refractivity (Wildman–Crippen MR) is 99.3 cm³/mol. The second-order valence-electron chi connectivity index (χ2n) is 6.84. The van der Waals surface area contributed by atoms with Crippen LogP contribution in [0.1, 0.15) is 25.3 Å². The Morgan fingerprint density at radius 2 is 2.00 bits per heavy atom. The lowest BCUT2D eigenvalue weighted by atomic mass is 9.95. The molecule has 0 spiro atoms. The number of hydrogen-bond acceptors (Lipinski definition) is 2. The molecular weight excluding hydrogens is 410 g/mol. The molecule has 1 fully saturated rings. The standard InChI is InChI=1S/C17H26FIO2Si/c1-12-15(8-7-13-5-4-6-14(19)11-13)21-16(9-10-20)17(12)22(2,3)18/h4-6,11-12,15-17,20H,7-10H2,1-3H3/t12-,15+,16-,17+/m0/s1. The summed E-state index contributed by atoms with van der Waals surface area (Å²) >= 11 is 2.32. The van der Waals surface area contributed by atoms with Crippen LogP contribution < -0.4 is 0 Å². The zero-order valence-electron chi connectivity index (χ0n) is 13.6. The van der Waals surface area contributed by atoms with E-state index < -0.39 is 8.41 Å². The average Bonchev–Trinajstić information content (AvgIpc) is 2.73. The van der Waals surface area contributed by atoms with E-state index in [9.17, 15) is 9.21 Å². The molecule has 1 aromatic rings. The van der Waals surface area contributed by atoms with Crippen LogP contribution in [0.2, 0.25) is 18.6 Å². The fourth-order valence-corrected chi connectivity index (χ4v) is 6.98. The van der Waals surface area contributed by atoms with Crippen LogP contribution in [0.5, 0.6) is 0 Å². The average molecular weight is 436 g/mol. The highest BCUT2D eigenvalue weighted by Gasteiger charge is 2.50. The summed E-state index contributed by atoms with van der Waals surface area (Å²) in [5.41, 5.74) is 1.29. The van der Waals surface area contributed by atoms with Gasteiger partial charge < -0.3 is 14.0 Å². The van der Waals surface area contributed by atoms with Crippen molar-refractivity contribution in [2.45, 2.75) is 57.0 Å². The Morgan fingerprint density at radius 3 is 2.59 bits per heavy atom. The number of hydrogen-bond donors (Lipinski definition) is 1. The number of benzene rings is 1. The van der Waals surface area contributed by atoms with Crippen LogP contribution in [0, 0.1) is 9.49 Å². The molecule has 1 N–H and O–H groups in total. The first kappa shape index (κ1) is 18.4. The molecule has 0 aromatic heterocycles. The van der Waals surface area contributed by atoms with Gasteiger partial charge in [0.15, 0.2) is 0 Å². The number of ether oxygens (including phenoxy) is 1. The van der Waals surface area contributed by atoms with Gasteiger partial charge in [-0.25, -0.2) is 0 Å². The van der Waals surface area contributed by atoms with Gasteiger partial charge in [-0.2, -0.15) is 0 Å². The van der Waals surface area contributed by atoms with E-state index in [0.29, 0.717) is 6.42 Å². The van der Waals surface area contributed by atoms with E-state index >= 15 is 0 Å². The highest BCUT2D eigenvalue weighted by atomic mass is 127. The number of rotatable bonds is 6. The van der Waals surface area contributed by atoms with Crippen molar-refractivity contribution in [3.63, 3.8) is 0 Å². The third-order valence-electron chi connectivity index (χ3n) is 4.72. The van der Waals surface area contributed by atoms with Gasteiger partial charge in [-0.3, -0.25) is 0 Å². The Bertz CT molecular complexity index is 492. The molecule has 2 nitrogen and oxygen atoms in total. The molecule has 22 heavy (non-hydrogen) atoms. The molecule has 1 saturated heterocycles. The lowest BCUT2D eigenvalue weighted by Crippen LogP contribution is -2.36. The smallest absolute Gasteiger partial charge is 0.246 e. The van der Waals surface area contributed by atoms with E-state index in [4.69, 9.17) is 4.74 Å². The van der Waals surface area contributed by atoms with Crippen LogP contribution >= 0.6 is 22.6 Å². The first-order valence-electron chi connectivity index (χ1n) is 8.02. The molecule has 0 radical (unpaired) electrons. The molecule has 0 saturated carbocycles. The Morgan fingerprint density at radius 1 is 1.27 bits per heavy atom. The molecule has 124 valence electrons. The van der Waals surface area contributed by atoms with Gasteiger partial charge in [-0.05, 0) is 78.6 Å². The van der Waals surface area contributed by atoms with Crippen LogP contribution in [0.15, 0.2) is 24.3 Å². The fourth-order valence-electron chi connectivity index (χ4n) is 3.78. The largest absolute Gasteiger partial charge is 0.396 e. The van der Waals surface area contributed by atoms with E-state index in [-0.39, 0.29) is 30.3 Å². The van der Waals surface area contributed by atoms with E-state index in [2.05, 4.69) is 53.8 Å². The lowest BCUT2D eigenvalue weighted by molar-refractivity contribution is 0.0193. The van der Waals surface area contributed by atoms with Gasteiger partial charge in [-0.1, -0.05) is 19.1 Å². The minimum atomic E-state index is -2.78. The first-order chi connectivity index (χ1) is 10.3. The molecule has 4 atom stereocenters. The van der Waals surface area contributed by atoms with Crippen molar-refractivity contribution < 1.29 is 14.0 Å². The van der Waals surface area contributed by atoms with Crippen molar-refractivity contribution in [1.29, 1.82) is 0 Å². The third kappa shape index (κ3) is 4.52. The zero-order chi connectivity index (χ0) is 16.3.